The molecule has 2 aromatic heterocycles. The molecule has 2 heterocycles. The Balaban J connectivity index is 1.75. The van der Waals surface area contributed by atoms with Gasteiger partial charge in [0.15, 0.2) is 0 Å². The van der Waals surface area contributed by atoms with Crippen molar-refractivity contribution in [2.45, 2.75) is 38.1 Å². The summed E-state index contributed by atoms with van der Waals surface area (Å²) in [6.07, 6.45) is 9.63. The molecule has 2 aromatic rings. The second-order valence-corrected chi connectivity index (χ2v) is 5.80. The van der Waals surface area contributed by atoms with Crippen LogP contribution in [0.3, 0.4) is 0 Å². The van der Waals surface area contributed by atoms with Gasteiger partial charge in [-0.3, -0.25) is 0 Å². The summed E-state index contributed by atoms with van der Waals surface area (Å²) in [4.78, 5) is 18.8. The molecule has 0 atom stereocenters. The van der Waals surface area contributed by atoms with Crippen LogP contribution in [-0.2, 0) is 0 Å². The van der Waals surface area contributed by atoms with Gasteiger partial charge in [-0.25, -0.2) is 15.0 Å². The van der Waals surface area contributed by atoms with Crippen LogP contribution in [0, 0.1) is 0 Å². The summed E-state index contributed by atoms with van der Waals surface area (Å²) >= 11 is 5.84. The highest BCUT2D eigenvalue weighted by Crippen LogP contribution is 2.23. The maximum Gasteiger partial charge on any atom is 0.224 e. The average molecular weight is 319 g/mol. The minimum Gasteiger partial charge on any atom is -0.351 e. The van der Waals surface area contributed by atoms with Gasteiger partial charge in [0.1, 0.15) is 11.6 Å². The molecule has 3 rings (SSSR count). The Morgan fingerprint density at radius 1 is 1.05 bits per heavy atom. The molecule has 0 radical (unpaired) electrons. The number of nitrogens with one attached hydrogen (secondary N) is 1. The van der Waals surface area contributed by atoms with Crippen molar-refractivity contribution in [3.8, 4) is 0 Å². The van der Waals surface area contributed by atoms with Gasteiger partial charge in [-0.2, -0.15) is 4.98 Å². The van der Waals surface area contributed by atoms with Gasteiger partial charge in [0.05, 0.1) is 0 Å². The molecular weight excluding hydrogens is 300 g/mol. The normalized spacial score (nSPS) is 15.5. The summed E-state index contributed by atoms with van der Waals surface area (Å²) in [7, 11) is 1.89. The van der Waals surface area contributed by atoms with Crippen molar-refractivity contribution >= 4 is 29.2 Å². The monoisotopic (exact) mass is 318 g/mol. The van der Waals surface area contributed by atoms with Crippen LogP contribution in [0.5, 0.6) is 0 Å². The van der Waals surface area contributed by atoms with E-state index >= 15 is 0 Å². The Hall–Kier alpha value is -1.95. The van der Waals surface area contributed by atoms with Crippen LogP contribution in [0.1, 0.15) is 32.1 Å². The summed E-state index contributed by atoms with van der Waals surface area (Å²) in [6, 6.07) is 4.12. The van der Waals surface area contributed by atoms with E-state index in [1.165, 1.54) is 32.1 Å². The Morgan fingerprint density at radius 2 is 1.73 bits per heavy atom. The molecule has 1 aliphatic rings. The van der Waals surface area contributed by atoms with E-state index < -0.39 is 0 Å². The SMILES string of the molecule is CN(c1ccnc(Cl)n1)c1ccnc(NC2CCCCC2)n1. The van der Waals surface area contributed by atoms with Crippen LogP contribution < -0.4 is 10.2 Å². The summed E-state index contributed by atoms with van der Waals surface area (Å²) < 4.78 is 0. The van der Waals surface area contributed by atoms with Crippen molar-refractivity contribution in [2.24, 2.45) is 0 Å². The first kappa shape index (κ1) is 15.0. The average Bonchev–Trinajstić information content (AvgIpc) is 2.55. The minimum atomic E-state index is 0.221. The second-order valence-electron chi connectivity index (χ2n) is 5.46. The largest absolute Gasteiger partial charge is 0.351 e. The first-order valence-electron chi connectivity index (χ1n) is 7.54. The van der Waals surface area contributed by atoms with E-state index in [1.54, 1.807) is 18.5 Å². The molecule has 1 fully saturated rings. The lowest BCUT2D eigenvalue weighted by Crippen LogP contribution is -2.24. The Bertz CT molecular complexity index is 629. The number of aromatic nitrogens is 4. The number of anilines is 3. The Labute approximate surface area is 135 Å². The van der Waals surface area contributed by atoms with Gasteiger partial charge in [0, 0.05) is 25.5 Å². The van der Waals surface area contributed by atoms with E-state index in [2.05, 4.69) is 25.3 Å². The molecule has 0 saturated heterocycles. The van der Waals surface area contributed by atoms with Crippen molar-refractivity contribution in [1.29, 1.82) is 0 Å². The van der Waals surface area contributed by atoms with E-state index in [0.29, 0.717) is 17.8 Å². The van der Waals surface area contributed by atoms with Gasteiger partial charge in [0.25, 0.3) is 0 Å². The van der Waals surface area contributed by atoms with Crippen LogP contribution in [-0.4, -0.2) is 33.0 Å². The van der Waals surface area contributed by atoms with E-state index in [-0.39, 0.29) is 5.28 Å². The number of hydrogen-bond donors (Lipinski definition) is 1. The van der Waals surface area contributed by atoms with Crippen LogP contribution in [0.2, 0.25) is 5.28 Å². The molecule has 1 saturated carbocycles. The number of rotatable bonds is 4. The smallest absolute Gasteiger partial charge is 0.224 e. The molecule has 1 aliphatic carbocycles. The summed E-state index contributed by atoms with van der Waals surface area (Å²) in [5.74, 6) is 2.13. The van der Waals surface area contributed by atoms with Crippen molar-refractivity contribution in [1.82, 2.24) is 19.9 Å². The second kappa shape index (κ2) is 6.87. The molecule has 6 nitrogen and oxygen atoms in total. The molecule has 0 spiro atoms. The lowest BCUT2D eigenvalue weighted by molar-refractivity contribution is 0.461. The number of hydrogen-bond acceptors (Lipinski definition) is 6. The maximum absolute atomic E-state index is 5.84. The fraction of sp³-hybridized carbons (Fsp3) is 0.467. The lowest BCUT2D eigenvalue weighted by atomic mass is 9.96. The molecule has 7 heteroatoms. The van der Waals surface area contributed by atoms with Crippen molar-refractivity contribution < 1.29 is 0 Å². The first-order chi connectivity index (χ1) is 10.7. The van der Waals surface area contributed by atoms with Gasteiger partial charge >= 0.3 is 0 Å². The van der Waals surface area contributed by atoms with Crippen LogP contribution in [0.15, 0.2) is 24.5 Å². The highest BCUT2D eigenvalue weighted by Gasteiger charge is 2.15. The summed E-state index contributed by atoms with van der Waals surface area (Å²) in [5, 5.41) is 3.65. The molecule has 1 N–H and O–H groups in total. The van der Waals surface area contributed by atoms with Crippen LogP contribution in [0.25, 0.3) is 0 Å². The molecule has 0 bridgehead atoms. The predicted octanol–water partition coefficient (Wildman–Crippen LogP) is 3.43. The number of nitrogens with zero attached hydrogens (tertiary/aromatic N) is 5. The Kier molecular flexibility index (Phi) is 4.68. The molecule has 0 aromatic carbocycles. The zero-order valence-electron chi connectivity index (χ0n) is 12.5. The fourth-order valence-corrected chi connectivity index (χ4v) is 2.81. The minimum absolute atomic E-state index is 0.221. The quantitative estimate of drug-likeness (QED) is 0.871. The first-order valence-corrected chi connectivity index (χ1v) is 7.92. The van der Waals surface area contributed by atoms with Crippen molar-refractivity contribution in [3.63, 3.8) is 0 Å². The predicted molar refractivity (Wildman–Crippen MR) is 87.6 cm³/mol. The van der Waals surface area contributed by atoms with E-state index in [4.69, 9.17) is 11.6 Å². The fourth-order valence-electron chi connectivity index (χ4n) is 2.67. The van der Waals surface area contributed by atoms with E-state index in [1.807, 2.05) is 18.0 Å². The van der Waals surface area contributed by atoms with Crippen molar-refractivity contribution in [2.75, 3.05) is 17.3 Å². The van der Waals surface area contributed by atoms with E-state index in [9.17, 15) is 0 Å². The lowest BCUT2D eigenvalue weighted by Gasteiger charge is -2.23. The number of halogens is 1. The highest BCUT2D eigenvalue weighted by molar-refractivity contribution is 6.28. The topological polar surface area (TPSA) is 66.8 Å². The van der Waals surface area contributed by atoms with Gasteiger partial charge in [-0.15, -0.1) is 0 Å². The summed E-state index contributed by atoms with van der Waals surface area (Å²) in [5.41, 5.74) is 0. The molecule has 116 valence electrons. The molecule has 22 heavy (non-hydrogen) atoms. The standard InChI is InChI=1S/C15H19ClN6/c1-22(12-7-9-17-14(16)20-12)13-8-10-18-15(21-13)19-11-5-3-2-4-6-11/h7-11H,2-6H2,1H3,(H,18,19,21). The van der Waals surface area contributed by atoms with E-state index in [0.717, 1.165) is 5.82 Å². The van der Waals surface area contributed by atoms with Gasteiger partial charge in [-0.1, -0.05) is 19.3 Å². The van der Waals surface area contributed by atoms with Gasteiger partial charge < -0.3 is 10.2 Å². The highest BCUT2D eigenvalue weighted by atomic mass is 35.5. The zero-order chi connectivity index (χ0) is 15.4. The Morgan fingerprint density at radius 3 is 2.45 bits per heavy atom. The van der Waals surface area contributed by atoms with Crippen LogP contribution >= 0.6 is 11.6 Å². The van der Waals surface area contributed by atoms with Gasteiger partial charge in [0.2, 0.25) is 11.2 Å². The third-order valence-electron chi connectivity index (χ3n) is 3.88. The molecule has 0 amide bonds. The third kappa shape index (κ3) is 3.62. The third-order valence-corrected chi connectivity index (χ3v) is 4.06. The molecule has 0 unspecified atom stereocenters. The van der Waals surface area contributed by atoms with Gasteiger partial charge in [-0.05, 0) is 36.6 Å². The zero-order valence-corrected chi connectivity index (χ0v) is 13.3. The maximum atomic E-state index is 5.84. The summed E-state index contributed by atoms with van der Waals surface area (Å²) in [6.45, 7) is 0. The molecular formula is C15H19ClN6. The van der Waals surface area contributed by atoms with Crippen LogP contribution in [0.4, 0.5) is 17.6 Å². The molecule has 0 aliphatic heterocycles. The van der Waals surface area contributed by atoms with Crippen molar-refractivity contribution in [3.05, 3.63) is 29.8 Å².